The van der Waals surface area contributed by atoms with Crippen LogP contribution in [0.5, 0.6) is 5.75 Å². The van der Waals surface area contributed by atoms with Crippen molar-refractivity contribution in [1.82, 2.24) is 0 Å². The van der Waals surface area contributed by atoms with Gasteiger partial charge in [0.15, 0.2) is 0 Å². The number of carbonyl (C=O) groups excluding carboxylic acids is 1. The zero-order valence-electron chi connectivity index (χ0n) is 14.8. The Bertz CT molecular complexity index is 801. The molecule has 3 aliphatic rings. The number of carbonyl (C=O) groups is 2. The van der Waals surface area contributed by atoms with Gasteiger partial charge in [0.2, 0.25) is 6.61 Å². The molecule has 3 aliphatic carbocycles. The van der Waals surface area contributed by atoms with Crippen molar-refractivity contribution in [2.45, 2.75) is 44.9 Å². The van der Waals surface area contributed by atoms with E-state index in [1.165, 1.54) is 5.56 Å². The van der Waals surface area contributed by atoms with Crippen molar-refractivity contribution >= 4 is 17.5 Å². The highest BCUT2D eigenvalue weighted by atomic mass is 16.6. The number of benzene rings is 1. The number of phenols is 1. The standard InChI is InChI=1S/C20H23NO5/c1-20-7-6-14-13-3-2-12(22)8-11(13)9-16(21-26-10-18(24)25)19(14)15(20)4-5-17(20)23/h2-3,8,14-15,19,22H,4-7,9-10H2,1H3,(H,24,25)/t14-,15+,19-,20+/m1/s1. The lowest BCUT2D eigenvalue weighted by Crippen LogP contribution is -2.46. The van der Waals surface area contributed by atoms with Crippen molar-refractivity contribution < 1.29 is 24.6 Å². The number of phenolic OH excluding ortho intramolecular Hbond substituents is 1. The predicted molar refractivity (Wildman–Crippen MR) is 94.1 cm³/mol. The third kappa shape index (κ3) is 2.59. The lowest BCUT2D eigenvalue weighted by Gasteiger charge is -2.48. The van der Waals surface area contributed by atoms with Crippen LogP contribution in [0.3, 0.4) is 0 Å². The maximum atomic E-state index is 12.5. The number of oxime groups is 1. The van der Waals surface area contributed by atoms with E-state index in [9.17, 15) is 14.7 Å². The van der Waals surface area contributed by atoms with Gasteiger partial charge in [-0.25, -0.2) is 4.79 Å². The number of rotatable bonds is 3. The van der Waals surface area contributed by atoms with Gasteiger partial charge in [-0.3, -0.25) is 4.79 Å². The third-order valence-corrected chi connectivity index (χ3v) is 6.63. The van der Waals surface area contributed by atoms with Crippen LogP contribution in [0.4, 0.5) is 0 Å². The molecule has 0 radical (unpaired) electrons. The number of nitrogens with zero attached hydrogens (tertiary/aromatic N) is 1. The molecule has 1 aromatic carbocycles. The van der Waals surface area contributed by atoms with Gasteiger partial charge in [0.05, 0.1) is 5.71 Å². The van der Waals surface area contributed by atoms with Gasteiger partial charge in [0.1, 0.15) is 11.5 Å². The summed E-state index contributed by atoms with van der Waals surface area (Å²) in [7, 11) is 0. The summed E-state index contributed by atoms with van der Waals surface area (Å²) in [5, 5.41) is 22.9. The molecule has 2 fully saturated rings. The summed E-state index contributed by atoms with van der Waals surface area (Å²) in [6, 6.07) is 5.45. The van der Waals surface area contributed by atoms with Crippen molar-refractivity contribution in [3.05, 3.63) is 29.3 Å². The number of hydrogen-bond donors (Lipinski definition) is 2. The topological polar surface area (TPSA) is 96.2 Å². The zero-order valence-corrected chi connectivity index (χ0v) is 14.8. The molecular weight excluding hydrogens is 334 g/mol. The second kappa shape index (κ2) is 6.11. The Labute approximate surface area is 151 Å². The van der Waals surface area contributed by atoms with Gasteiger partial charge in [-0.2, -0.15) is 0 Å². The van der Waals surface area contributed by atoms with Crippen LogP contribution in [0.15, 0.2) is 23.4 Å². The number of aromatic hydroxyl groups is 1. The highest BCUT2D eigenvalue weighted by molar-refractivity contribution is 5.95. The first-order chi connectivity index (χ1) is 12.4. The molecule has 2 N–H and O–H groups in total. The molecule has 0 aliphatic heterocycles. The second-order valence-corrected chi connectivity index (χ2v) is 7.97. The van der Waals surface area contributed by atoms with Gasteiger partial charge in [0, 0.05) is 24.2 Å². The van der Waals surface area contributed by atoms with Crippen LogP contribution in [0.2, 0.25) is 0 Å². The van der Waals surface area contributed by atoms with Gasteiger partial charge in [-0.1, -0.05) is 18.1 Å². The number of Topliss-reactive ketones (excluding diaryl/α,β-unsaturated/α-hetero) is 1. The van der Waals surface area contributed by atoms with Crippen LogP contribution < -0.4 is 0 Å². The summed E-state index contributed by atoms with van der Waals surface area (Å²) in [6.45, 7) is 1.60. The van der Waals surface area contributed by atoms with E-state index in [-0.39, 0.29) is 28.9 Å². The molecule has 0 amide bonds. The molecule has 0 aromatic heterocycles. The first kappa shape index (κ1) is 17.1. The van der Waals surface area contributed by atoms with E-state index in [0.717, 1.165) is 30.5 Å². The fraction of sp³-hybridized carbons (Fsp3) is 0.550. The number of aliphatic carboxylic acids is 1. The van der Waals surface area contributed by atoms with Gasteiger partial charge in [-0.15, -0.1) is 0 Å². The molecule has 4 rings (SSSR count). The second-order valence-electron chi connectivity index (χ2n) is 7.97. The minimum atomic E-state index is -1.07. The van der Waals surface area contributed by atoms with Crippen molar-refractivity contribution in [1.29, 1.82) is 0 Å². The fourth-order valence-corrected chi connectivity index (χ4v) is 5.41. The van der Waals surface area contributed by atoms with Gasteiger partial charge >= 0.3 is 5.97 Å². The van der Waals surface area contributed by atoms with Gasteiger partial charge in [0.25, 0.3) is 0 Å². The Morgan fingerprint density at radius 3 is 2.96 bits per heavy atom. The lowest BCUT2D eigenvalue weighted by molar-refractivity contribution is -0.142. The molecule has 1 aromatic rings. The maximum Gasteiger partial charge on any atom is 0.344 e. The molecule has 26 heavy (non-hydrogen) atoms. The molecule has 0 bridgehead atoms. The van der Waals surface area contributed by atoms with Gasteiger partial charge in [-0.05, 0) is 54.4 Å². The number of ketones is 1. The average Bonchev–Trinajstić information content (AvgIpc) is 2.89. The molecule has 0 saturated heterocycles. The van der Waals surface area contributed by atoms with E-state index < -0.39 is 12.6 Å². The van der Waals surface area contributed by atoms with Crippen LogP contribution >= 0.6 is 0 Å². The largest absolute Gasteiger partial charge is 0.508 e. The number of hydrogen-bond acceptors (Lipinski definition) is 5. The summed E-state index contributed by atoms with van der Waals surface area (Å²) >= 11 is 0. The number of fused-ring (bicyclic) bond motifs is 5. The molecule has 0 unspecified atom stereocenters. The normalized spacial score (nSPS) is 34.1. The van der Waals surface area contributed by atoms with E-state index in [2.05, 4.69) is 12.1 Å². The van der Waals surface area contributed by atoms with Crippen LogP contribution in [0.1, 0.15) is 49.7 Å². The van der Waals surface area contributed by atoms with Crippen LogP contribution in [-0.2, 0) is 20.8 Å². The Balaban J connectivity index is 1.75. The summed E-state index contributed by atoms with van der Waals surface area (Å²) in [5.41, 5.74) is 2.71. The van der Waals surface area contributed by atoms with Crippen molar-refractivity contribution in [2.24, 2.45) is 22.4 Å². The number of carboxylic acids is 1. The molecule has 6 nitrogen and oxygen atoms in total. The smallest absolute Gasteiger partial charge is 0.344 e. The van der Waals surface area contributed by atoms with Gasteiger partial charge < -0.3 is 15.1 Å². The SMILES string of the molecule is C[C@]12CC[C@@H]3c4ccc(O)cc4CC(=NOCC(=O)O)[C@H]3[C@@H]1CCC2=O. The zero-order chi connectivity index (χ0) is 18.5. The minimum Gasteiger partial charge on any atom is -0.508 e. The van der Waals surface area contributed by atoms with Crippen molar-refractivity contribution in [3.8, 4) is 5.75 Å². The Hall–Kier alpha value is -2.37. The summed E-state index contributed by atoms with van der Waals surface area (Å²) in [6.07, 6.45) is 3.73. The van der Waals surface area contributed by atoms with Crippen LogP contribution in [-0.4, -0.2) is 34.3 Å². The lowest BCUT2D eigenvalue weighted by atomic mass is 9.55. The van der Waals surface area contributed by atoms with Crippen molar-refractivity contribution in [2.75, 3.05) is 6.61 Å². The van der Waals surface area contributed by atoms with Crippen molar-refractivity contribution in [3.63, 3.8) is 0 Å². The Kier molecular flexibility index (Phi) is 4.01. The van der Waals surface area contributed by atoms with Crippen LogP contribution in [0.25, 0.3) is 0 Å². The maximum absolute atomic E-state index is 12.5. The minimum absolute atomic E-state index is 0.0889. The quantitative estimate of drug-likeness (QED) is 0.811. The highest BCUT2D eigenvalue weighted by Crippen LogP contribution is 2.59. The summed E-state index contributed by atoms with van der Waals surface area (Å²) in [5.74, 6) is 0.0154. The Morgan fingerprint density at radius 2 is 2.19 bits per heavy atom. The molecule has 2 saturated carbocycles. The average molecular weight is 357 g/mol. The first-order valence-corrected chi connectivity index (χ1v) is 9.16. The predicted octanol–water partition coefficient (Wildman–Crippen LogP) is 2.88. The molecule has 0 heterocycles. The van der Waals surface area contributed by atoms with E-state index in [1.54, 1.807) is 12.1 Å². The van der Waals surface area contributed by atoms with Crippen LogP contribution in [0, 0.1) is 17.3 Å². The molecular formula is C20H23NO5. The fourth-order valence-electron chi connectivity index (χ4n) is 5.41. The molecule has 4 atom stereocenters. The molecule has 138 valence electrons. The first-order valence-electron chi connectivity index (χ1n) is 9.16. The molecule has 0 spiro atoms. The third-order valence-electron chi connectivity index (χ3n) is 6.63. The summed E-state index contributed by atoms with van der Waals surface area (Å²) in [4.78, 5) is 28.4. The Morgan fingerprint density at radius 1 is 1.38 bits per heavy atom. The van der Waals surface area contributed by atoms with E-state index in [4.69, 9.17) is 9.94 Å². The van der Waals surface area contributed by atoms with E-state index in [0.29, 0.717) is 18.6 Å². The molecule has 6 heteroatoms. The highest BCUT2D eigenvalue weighted by Gasteiger charge is 2.56. The monoisotopic (exact) mass is 357 g/mol. The summed E-state index contributed by atoms with van der Waals surface area (Å²) < 4.78 is 0. The van der Waals surface area contributed by atoms with E-state index in [1.807, 2.05) is 6.07 Å². The number of carboxylic acid groups (broad SMARTS) is 1. The van der Waals surface area contributed by atoms with E-state index >= 15 is 0 Å².